The summed E-state index contributed by atoms with van der Waals surface area (Å²) in [7, 11) is -1.55. The van der Waals surface area contributed by atoms with Gasteiger partial charge in [0.1, 0.15) is 0 Å². The summed E-state index contributed by atoms with van der Waals surface area (Å²) in [5.41, 5.74) is 1.97. The number of aromatic nitrogens is 2. The third-order valence-corrected chi connectivity index (χ3v) is 3.72. The second-order valence-corrected chi connectivity index (χ2v) is 5.68. The van der Waals surface area contributed by atoms with Crippen molar-refractivity contribution >= 4 is 10.0 Å². The normalized spacial score (nSPS) is 12.3. The molecule has 0 radical (unpaired) electrons. The van der Waals surface area contributed by atoms with Crippen LogP contribution in [0.15, 0.2) is 6.20 Å². The van der Waals surface area contributed by atoms with Gasteiger partial charge in [0.25, 0.3) is 0 Å². The number of nitrogens with zero attached hydrogens (tertiary/aromatic N) is 3. The molecule has 0 atom stereocenters. The van der Waals surface area contributed by atoms with Crippen LogP contribution in [0.1, 0.15) is 18.2 Å². The first-order valence-electron chi connectivity index (χ1n) is 4.78. The van der Waals surface area contributed by atoms with Crippen molar-refractivity contribution in [1.29, 1.82) is 0 Å². The number of hydrogen-bond acceptors (Lipinski definition) is 3. The summed E-state index contributed by atoms with van der Waals surface area (Å²) in [6, 6.07) is 0. The van der Waals surface area contributed by atoms with Crippen molar-refractivity contribution in [2.45, 2.75) is 26.9 Å². The molecule has 0 fully saturated rings. The van der Waals surface area contributed by atoms with Gasteiger partial charge in [0, 0.05) is 31.4 Å². The summed E-state index contributed by atoms with van der Waals surface area (Å²) in [4.78, 5) is 0. The standard InChI is InChI=1S/C9H17N3O2S/c1-5-12-8(2)9(6-10-12)7-11(3)15(4,13)14/h6H,5,7H2,1-4H3. The quantitative estimate of drug-likeness (QED) is 0.762. The Morgan fingerprint density at radius 1 is 1.53 bits per heavy atom. The second kappa shape index (κ2) is 4.32. The van der Waals surface area contributed by atoms with E-state index in [1.165, 1.54) is 10.6 Å². The molecule has 6 heteroatoms. The third kappa shape index (κ3) is 2.79. The first kappa shape index (κ1) is 12.2. The van der Waals surface area contributed by atoms with Gasteiger partial charge in [-0.3, -0.25) is 4.68 Å². The highest BCUT2D eigenvalue weighted by molar-refractivity contribution is 7.88. The molecule has 1 aromatic heterocycles. The molecule has 0 unspecified atom stereocenters. The highest BCUT2D eigenvalue weighted by atomic mass is 32.2. The lowest BCUT2D eigenvalue weighted by atomic mass is 10.2. The number of aryl methyl sites for hydroxylation is 1. The number of rotatable bonds is 4. The Morgan fingerprint density at radius 2 is 2.13 bits per heavy atom. The van der Waals surface area contributed by atoms with Crippen LogP contribution in [-0.4, -0.2) is 35.8 Å². The van der Waals surface area contributed by atoms with E-state index in [1.54, 1.807) is 13.2 Å². The van der Waals surface area contributed by atoms with Crippen molar-refractivity contribution in [1.82, 2.24) is 14.1 Å². The van der Waals surface area contributed by atoms with Gasteiger partial charge in [-0.15, -0.1) is 0 Å². The molecule has 0 saturated heterocycles. The molecule has 1 heterocycles. The summed E-state index contributed by atoms with van der Waals surface area (Å²) < 4.78 is 25.6. The van der Waals surface area contributed by atoms with Crippen LogP contribution in [0.5, 0.6) is 0 Å². The summed E-state index contributed by atoms with van der Waals surface area (Å²) >= 11 is 0. The molecule has 0 N–H and O–H groups in total. The van der Waals surface area contributed by atoms with Crippen LogP contribution in [0.3, 0.4) is 0 Å². The van der Waals surface area contributed by atoms with Gasteiger partial charge in [-0.25, -0.2) is 12.7 Å². The largest absolute Gasteiger partial charge is 0.270 e. The van der Waals surface area contributed by atoms with Gasteiger partial charge in [-0.05, 0) is 13.8 Å². The van der Waals surface area contributed by atoms with Gasteiger partial charge >= 0.3 is 0 Å². The maximum Gasteiger partial charge on any atom is 0.211 e. The predicted octanol–water partition coefficient (Wildman–Crippen LogP) is 0.603. The summed E-state index contributed by atoms with van der Waals surface area (Å²) in [5, 5.41) is 4.16. The van der Waals surface area contributed by atoms with E-state index in [0.717, 1.165) is 17.8 Å². The zero-order valence-electron chi connectivity index (χ0n) is 9.56. The molecule has 0 spiro atoms. The minimum absolute atomic E-state index is 0.380. The first-order chi connectivity index (χ1) is 6.86. The topological polar surface area (TPSA) is 55.2 Å². The monoisotopic (exact) mass is 231 g/mol. The molecule has 0 aliphatic carbocycles. The maximum absolute atomic E-state index is 11.2. The lowest BCUT2D eigenvalue weighted by molar-refractivity contribution is 0.471. The minimum atomic E-state index is -3.12. The van der Waals surface area contributed by atoms with E-state index < -0.39 is 10.0 Å². The van der Waals surface area contributed by atoms with E-state index in [4.69, 9.17) is 0 Å². The average Bonchev–Trinajstić information content (AvgIpc) is 2.46. The SMILES string of the molecule is CCn1ncc(CN(C)S(C)(=O)=O)c1C. The number of sulfonamides is 1. The first-order valence-corrected chi connectivity index (χ1v) is 6.63. The Hall–Kier alpha value is -0.880. The highest BCUT2D eigenvalue weighted by Gasteiger charge is 2.14. The van der Waals surface area contributed by atoms with E-state index in [2.05, 4.69) is 5.10 Å². The fourth-order valence-electron chi connectivity index (χ4n) is 1.32. The van der Waals surface area contributed by atoms with Crippen molar-refractivity contribution in [3.05, 3.63) is 17.5 Å². The maximum atomic E-state index is 11.2. The Labute approximate surface area is 90.7 Å². The van der Waals surface area contributed by atoms with Crippen molar-refractivity contribution in [2.24, 2.45) is 0 Å². The predicted molar refractivity (Wildman–Crippen MR) is 58.9 cm³/mol. The molecule has 0 bridgehead atoms. The molecular formula is C9H17N3O2S. The molecule has 1 rings (SSSR count). The fraction of sp³-hybridized carbons (Fsp3) is 0.667. The molecule has 0 aliphatic heterocycles. The zero-order chi connectivity index (χ0) is 11.6. The molecule has 0 aromatic carbocycles. The Bertz CT molecular complexity index is 436. The van der Waals surface area contributed by atoms with E-state index >= 15 is 0 Å². The lowest BCUT2D eigenvalue weighted by Crippen LogP contribution is -2.25. The lowest BCUT2D eigenvalue weighted by Gasteiger charge is -2.13. The van der Waals surface area contributed by atoms with Crippen molar-refractivity contribution in [2.75, 3.05) is 13.3 Å². The molecule has 0 saturated carbocycles. The third-order valence-electron chi connectivity index (χ3n) is 2.46. The molecule has 15 heavy (non-hydrogen) atoms. The minimum Gasteiger partial charge on any atom is -0.270 e. The molecular weight excluding hydrogens is 214 g/mol. The van der Waals surface area contributed by atoms with Gasteiger partial charge < -0.3 is 0 Å². The van der Waals surface area contributed by atoms with E-state index in [1.807, 2.05) is 18.5 Å². The van der Waals surface area contributed by atoms with Crippen LogP contribution in [0, 0.1) is 6.92 Å². The van der Waals surface area contributed by atoms with E-state index in [-0.39, 0.29) is 0 Å². The van der Waals surface area contributed by atoms with Crippen molar-refractivity contribution in [3.63, 3.8) is 0 Å². The highest BCUT2D eigenvalue weighted by Crippen LogP contribution is 2.11. The fourth-order valence-corrected chi connectivity index (χ4v) is 1.69. The number of hydrogen-bond donors (Lipinski definition) is 0. The molecule has 1 aromatic rings. The summed E-state index contributed by atoms with van der Waals surface area (Å²) in [6.45, 7) is 5.13. The van der Waals surface area contributed by atoms with Crippen LogP contribution < -0.4 is 0 Å². The van der Waals surface area contributed by atoms with Gasteiger partial charge in [-0.2, -0.15) is 5.10 Å². The Morgan fingerprint density at radius 3 is 2.53 bits per heavy atom. The molecule has 86 valence electrons. The van der Waals surface area contributed by atoms with Gasteiger partial charge in [-0.1, -0.05) is 0 Å². The molecule has 0 aliphatic rings. The van der Waals surface area contributed by atoms with Crippen LogP contribution >= 0.6 is 0 Å². The van der Waals surface area contributed by atoms with Crippen LogP contribution in [0.4, 0.5) is 0 Å². The summed E-state index contributed by atoms with van der Waals surface area (Å²) in [6.07, 6.45) is 2.92. The van der Waals surface area contributed by atoms with Gasteiger partial charge in [0.05, 0.1) is 12.5 Å². The average molecular weight is 231 g/mol. The van der Waals surface area contributed by atoms with E-state index in [0.29, 0.717) is 6.54 Å². The van der Waals surface area contributed by atoms with Gasteiger partial charge in [0.15, 0.2) is 0 Å². The van der Waals surface area contributed by atoms with E-state index in [9.17, 15) is 8.42 Å². The Kier molecular flexibility index (Phi) is 3.51. The summed E-state index contributed by atoms with van der Waals surface area (Å²) in [5.74, 6) is 0. The van der Waals surface area contributed by atoms with Crippen LogP contribution in [0.25, 0.3) is 0 Å². The molecule has 0 amide bonds. The van der Waals surface area contributed by atoms with Crippen LogP contribution in [-0.2, 0) is 23.1 Å². The zero-order valence-corrected chi connectivity index (χ0v) is 10.4. The molecule has 5 nitrogen and oxygen atoms in total. The second-order valence-electron chi connectivity index (χ2n) is 3.59. The van der Waals surface area contributed by atoms with Crippen LogP contribution in [0.2, 0.25) is 0 Å². The van der Waals surface area contributed by atoms with Crippen molar-refractivity contribution < 1.29 is 8.42 Å². The smallest absolute Gasteiger partial charge is 0.211 e. The van der Waals surface area contributed by atoms with Crippen molar-refractivity contribution in [3.8, 4) is 0 Å². The Balaban J connectivity index is 2.86. The van der Waals surface area contributed by atoms with Gasteiger partial charge in [0.2, 0.25) is 10.0 Å².